The first kappa shape index (κ1) is 64.6. The van der Waals surface area contributed by atoms with Crippen molar-refractivity contribution in [1.82, 2.24) is 0 Å². The Hall–Kier alpha value is -6.98. The van der Waals surface area contributed by atoms with Crippen molar-refractivity contribution in [2.75, 3.05) is 52.9 Å². The van der Waals surface area contributed by atoms with Gasteiger partial charge >= 0.3 is 0 Å². The zero-order valence-electron chi connectivity index (χ0n) is 52.0. The van der Waals surface area contributed by atoms with Crippen LogP contribution in [0.15, 0.2) is 152 Å². The molecule has 0 aliphatic rings. The van der Waals surface area contributed by atoms with E-state index >= 15 is 0 Å². The largest absolute Gasteiger partial charge is 0.493 e. The second-order valence-electron chi connectivity index (χ2n) is 25.4. The predicted octanol–water partition coefficient (Wildman–Crippen LogP) is 18.3. The molecule has 450 valence electrons. The Kier molecular flexibility index (Phi) is 23.6. The molecule has 7 aromatic rings. The molecule has 0 aromatic heterocycles. The number of rotatable bonds is 31. The van der Waals surface area contributed by atoms with Gasteiger partial charge in [0.1, 0.15) is 70.7 Å². The van der Waals surface area contributed by atoms with Crippen molar-refractivity contribution < 1.29 is 47.4 Å². The SMILES string of the molecule is CC(C)(C)c1ccc(OCCCOc2cc(COc3cc(CBr)cc(OCc4cc(OCCCOc5ccc(C(C)(C)C)cc5)cc(OCCCOc5ccc(C(C)(C)C)cc5)c4)c3)cc(OCCCOc3ccc(C(C)(C)C)cc3)c2)cc1. The molecule has 0 unspecified atom stereocenters. The Balaban J connectivity index is 0.974. The van der Waals surface area contributed by atoms with Gasteiger partial charge in [0, 0.05) is 49.2 Å². The summed E-state index contributed by atoms with van der Waals surface area (Å²) in [6, 6.07) is 51.1. The van der Waals surface area contributed by atoms with Crippen molar-refractivity contribution in [3.63, 3.8) is 0 Å². The molecule has 0 bridgehead atoms. The van der Waals surface area contributed by atoms with Crippen molar-refractivity contribution in [2.24, 2.45) is 0 Å². The molecule has 0 saturated heterocycles. The van der Waals surface area contributed by atoms with Crippen LogP contribution in [0.5, 0.6) is 57.5 Å². The average Bonchev–Trinajstić information content (AvgIpc) is 3.63. The number of ether oxygens (including phenoxy) is 10. The maximum atomic E-state index is 6.53. The van der Waals surface area contributed by atoms with Crippen LogP contribution in [0.25, 0.3) is 0 Å². The smallest absolute Gasteiger partial charge is 0.123 e. The van der Waals surface area contributed by atoms with Gasteiger partial charge in [-0.05, 0) is 146 Å². The zero-order valence-corrected chi connectivity index (χ0v) is 53.6. The first-order chi connectivity index (χ1) is 40.0. The normalized spacial score (nSPS) is 11.9. The molecule has 84 heavy (non-hydrogen) atoms. The lowest BCUT2D eigenvalue weighted by molar-refractivity contribution is 0.238. The lowest BCUT2D eigenvalue weighted by Gasteiger charge is -2.19. The van der Waals surface area contributed by atoms with E-state index in [1.54, 1.807) is 0 Å². The van der Waals surface area contributed by atoms with Gasteiger partial charge in [-0.3, -0.25) is 0 Å². The van der Waals surface area contributed by atoms with Crippen LogP contribution in [-0.2, 0) is 40.2 Å². The van der Waals surface area contributed by atoms with E-state index in [-0.39, 0.29) is 34.9 Å². The van der Waals surface area contributed by atoms with Crippen LogP contribution >= 0.6 is 15.9 Å². The Morgan fingerprint density at radius 3 is 0.631 bits per heavy atom. The topological polar surface area (TPSA) is 92.3 Å². The molecule has 7 aromatic carbocycles. The summed E-state index contributed by atoms with van der Waals surface area (Å²) in [6.07, 6.45) is 2.80. The van der Waals surface area contributed by atoms with Gasteiger partial charge in [0.25, 0.3) is 0 Å². The molecule has 11 heteroatoms. The van der Waals surface area contributed by atoms with Gasteiger partial charge in [-0.15, -0.1) is 0 Å². The summed E-state index contributed by atoms with van der Waals surface area (Å²) in [5.41, 5.74) is 8.21. The minimum Gasteiger partial charge on any atom is -0.493 e. The standard InChI is InChI=1S/C73H91BrO10/c1-70(2,3)56-17-25-60(26-18-56)75-33-13-37-79-64-43-54(44-65(47-64)80-38-14-34-76-61-27-19-57(20-28-61)71(4,5)6)51-83-68-41-53(50-74)42-69(49-68)84-52-55-45-66(81-39-15-35-77-62-29-21-58(22-30-62)72(7,8)9)48-67(46-55)82-40-16-36-78-63-31-23-59(24-32-63)73(10,11)12/h17-32,41-49H,13-16,33-40,50-52H2,1-12H3. The molecule has 0 heterocycles. The van der Waals surface area contributed by atoms with E-state index < -0.39 is 0 Å². The van der Waals surface area contributed by atoms with Crippen LogP contribution < -0.4 is 47.4 Å². The highest BCUT2D eigenvalue weighted by molar-refractivity contribution is 9.08. The Morgan fingerprint density at radius 1 is 0.238 bits per heavy atom. The van der Waals surface area contributed by atoms with Crippen LogP contribution in [0.3, 0.4) is 0 Å². The number of benzene rings is 7. The van der Waals surface area contributed by atoms with Gasteiger partial charge in [0.15, 0.2) is 0 Å². The van der Waals surface area contributed by atoms with Crippen LogP contribution in [0, 0.1) is 0 Å². The number of hydrogen-bond acceptors (Lipinski definition) is 10. The number of hydrogen-bond donors (Lipinski definition) is 0. The van der Waals surface area contributed by atoms with E-state index in [1.807, 2.05) is 103 Å². The predicted molar refractivity (Wildman–Crippen MR) is 344 cm³/mol. The first-order valence-electron chi connectivity index (χ1n) is 29.7. The second kappa shape index (κ2) is 30.7. The lowest BCUT2D eigenvalue weighted by Crippen LogP contribution is -2.11. The minimum atomic E-state index is 0.0832. The van der Waals surface area contributed by atoms with Crippen LogP contribution in [-0.4, -0.2) is 52.9 Å². The van der Waals surface area contributed by atoms with Gasteiger partial charge in [-0.2, -0.15) is 0 Å². The van der Waals surface area contributed by atoms with Gasteiger partial charge in [0.2, 0.25) is 0 Å². The van der Waals surface area contributed by atoms with Crippen molar-refractivity contribution in [2.45, 2.75) is 149 Å². The average molecular weight is 1210 g/mol. The van der Waals surface area contributed by atoms with Crippen LogP contribution in [0.2, 0.25) is 0 Å². The maximum Gasteiger partial charge on any atom is 0.123 e. The van der Waals surface area contributed by atoms with E-state index in [0.29, 0.717) is 118 Å². The summed E-state index contributed by atoms with van der Waals surface area (Å²) < 4.78 is 62.7. The molecule has 0 atom stereocenters. The molecule has 0 aliphatic carbocycles. The van der Waals surface area contributed by atoms with Crippen molar-refractivity contribution in [3.8, 4) is 57.5 Å². The summed E-state index contributed by atoms with van der Waals surface area (Å²) in [7, 11) is 0. The summed E-state index contributed by atoms with van der Waals surface area (Å²) in [4.78, 5) is 0. The molecule has 7 rings (SSSR count). The molecular formula is C73H91BrO10. The molecule has 0 radical (unpaired) electrons. The fourth-order valence-electron chi connectivity index (χ4n) is 8.93. The molecule has 0 amide bonds. The number of halogens is 1. The summed E-state index contributed by atoms with van der Waals surface area (Å²) >= 11 is 3.68. The third-order valence-electron chi connectivity index (χ3n) is 14.0. The Morgan fingerprint density at radius 2 is 0.429 bits per heavy atom. The molecule has 0 aliphatic heterocycles. The first-order valence-corrected chi connectivity index (χ1v) is 30.9. The highest BCUT2D eigenvalue weighted by atomic mass is 79.9. The highest BCUT2D eigenvalue weighted by Gasteiger charge is 2.17. The molecular weight excluding hydrogens is 1120 g/mol. The fourth-order valence-corrected chi connectivity index (χ4v) is 9.25. The van der Waals surface area contributed by atoms with E-state index in [2.05, 4.69) is 148 Å². The molecule has 0 spiro atoms. The lowest BCUT2D eigenvalue weighted by atomic mass is 9.87. The monoisotopic (exact) mass is 1210 g/mol. The van der Waals surface area contributed by atoms with Gasteiger partial charge in [0.05, 0.1) is 52.9 Å². The summed E-state index contributed by atoms with van der Waals surface area (Å²) in [5, 5.41) is 0.610. The molecule has 0 fully saturated rings. The van der Waals surface area contributed by atoms with E-state index in [1.165, 1.54) is 22.3 Å². The molecule has 0 saturated carbocycles. The van der Waals surface area contributed by atoms with Crippen LogP contribution in [0.4, 0.5) is 0 Å². The van der Waals surface area contributed by atoms with E-state index in [4.69, 9.17) is 47.4 Å². The van der Waals surface area contributed by atoms with Gasteiger partial charge in [-0.25, -0.2) is 0 Å². The Labute approximate surface area is 510 Å². The quantitative estimate of drug-likeness (QED) is 0.0309. The molecule has 10 nitrogen and oxygen atoms in total. The van der Waals surface area contributed by atoms with Crippen molar-refractivity contribution in [3.05, 3.63) is 191 Å². The van der Waals surface area contributed by atoms with Crippen LogP contribution in [0.1, 0.15) is 148 Å². The minimum absolute atomic E-state index is 0.0832. The fraction of sp³-hybridized carbons (Fsp3) is 0.425. The van der Waals surface area contributed by atoms with E-state index in [9.17, 15) is 0 Å². The van der Waals surface area contributed by atoms with Crippen molar-refractivity contribution in [1.29, 1.82) is 0 Å². The second-order valence-corrected chi connectivity index (χ2v) is 26.0. The third kappa shape index (κ3) is 21.9. The highest BCUT2D eigenvalue weighted by Crippen LogP contribution is 2.32. The van der Waals surface area contributed by atoms with Gasteiger partial charge in [-0.1, -0.05) is 148 Å². The summed E-state index contributed by atoms with van der Waals surface area (Å²) in [6.45, 7) is 31.0. The maximum absolute atomic E-state index is 6.53. The van der Waals surface area contributed by atoms with E-state index in [0.717, 1.165) is 39.7 Å². The molecule has 0 N–H and O–H groups in total. The third-order valence-corrected chi connectivity index (χ3v) is 14.6. The summed E-state index contributed by atoms with van der Waals surface area (Å²) in [5.74, 6) is 7.47. The van der Waals surface area contributed by atoms with Crippen molar-refractivity contribution >= 4 is 15.9 Å². The number of alkyl halides is 1. The zero-order chi connectivity index (χ0) is 60.2. The van der Waals surface area contributed by atoms with Gasteiger partial charge < -0.3 is 47.4 Å². The Bertz CT molecular complexity index is 2700.